The molecule has 1 rings (SSSR count). The smallest absolute Gasteiger partial charge is 0.307 e. The summed E-state index contributed by atoms with van der Waals surface area (Å²) in [6.07, 6.45) is 3.81. The van der Waals surface area contributed by atoms with Crippen molar-refractivity contribution in [3.63, 3.8) is 0 Å². The molecule has 1 aromatic rings. The van der Waals surface area contributed by atoms with Crippen LogP contribution in [0.15, 0.2) is 18.5 Å². The maximum atomic E-state index is 11.3. The summed E-state index contributed by atoms with van der Waals surface area (Å²) in [5.74, 6) is -2.35. The van der Waals surface area contributed by atoms with E-state index in [1.54, 1.807) is 39.8 Å². The lowest BCUT2D eigenvalue weighted by molar-refractivity contribution is -0.387. The van der Waals surface area contributed by atoms with Crippen LogP contribution >= 0.6 is 0 Å². The molecule has 12 heteroatoms. The summed E-state index contributed by atoms with van der Waals surface area (Å²) in [6, 6.07) is 1.70. The van der Waals surface area contributed by atoms with Gasteiger partial charge in [0.15, 0.2) is 0 Å². The van der Waals surface area contributed by atoms with Crippen molar-refractivity contribution < 1.29 is 52.5 Å². The predicted octanol–water partition coefficient (Wildman–Crippen LogP) is 1.33. The molecule has 214 valence electrons. The summed E-state index contributed by atoms with van der Waals surface area (Å²) in [4.78, 5) is 15.5. The van der Waals surface area contributed by atoms with E-state index in [4.69, 9.17) is 42.6 Å². The normalized spacial score (nSPS) is 11.8. The first-order valence-electron chi connectivity index (χ1n) is 12.3. The number of carboxylic acid groups (broad SMARTS) is 1. The van der Waals surface area contributed by atoms with Crippen molar-refractivity contribution in [2.45, 2.75) is 25.2 Å². The number of aliphatic carboxylic acids is 1. The van der Waals surface area contributed by atoms with Gasteiger partial charge in [0, 0.05) is 40.1 Å². The third kappa shape index (κ3) is 16.7. The van der Waals surface area contributed by atoms with Gasteiger partial charge in [0.2, 0.25) is 0 Å². The number of pyridine rings is 1. The number of carbonyl (C=O) groups is 1. The van der Waals surface area contributed by atoms with Gasteiger partial charge < -0.3 is 47.7 Å². The minimum atomic E-state index is -1.43. The van der Waals surface area contributed by atoms with Crippen LogP contribution in [0.2, 0.25) is 0 Å². The van der Waals surface area contributed by atoms with Crippen molar-refractivity contribution in [3.8, 4) is 0 Å². The molecule has 0 amide bonds. The Hall–Kier alpha value is -1.74. The van der Waals surface area contributed by atoms with Crippen LogP contribution in [0, 0.1) is 0 Å². The Morgan fingerprint density at radius 3 is 1.62 bits per heavy atom. The van der Waals surface area contributed by atoms with Crippen LogP contribution in [0.25, 0.3) is 0 Å². The summed E-state index contributed by atoms with van der Waals surface area (Å²) >= 11 is 0. The monoisotopic (exact) mass is 533 g/mol. The molecule has 0 atom stereocenters. The standard InChI is InChI=1S/C25H43NO11/c1-29-8-11-32-14-17-35-25(36-18-15-33-12-9-30-2,37-19-16-34-13-10-31-3)6-4-23-21-26-7-5-22(23)20-24(27)28/h5,7,21H,4,6,8-20H2,1-3H3,(H,27,28). The van der Waals surface area contributed by atoms with Crippen LogP contribution in [-0.2, 0) is 60.3 Å². The molecule has 1 N–H and O–H groups in total. The first-order valence-corrected chi connectivity index (χ1v) is 12.3. The van der Waals surface area contributed by atoms with Crippen molar-refractivity contribution in [3.05, 3.63) is 29.6 Å². The molecule has 37 heavy (non-hydrogen) atoms. The average Bonchev–Trinajstić information content (AvgIpc) is 2.89. The number of carboxylic acids is 1. The molecule has 12 nitrogen and oxygen atoms in total. The number of hydrogen-bond donors (Lipinski definition) is 1. The molecule has 0 unspecified atom stereocenters. The highest BCUT2D eigenvalue weighted by Crippen LogP contribution is 2.24. The van der Waals surface area contributed by atoms with E-state index in [0.717, 1.165) is 5.56 Å². The maximum Gasteiger partial charge on any atom is 0.307 e. The zero-order valence-corrected chi connectivity index (χ0v) is 22.3. The van der Waals surface area contributed by atoms with Crippen molar-refractivity contribution >= 4 is 5.97 Å². The van der Waals surface area contributed by atoms with Crippen LogP contribution in [-0.4, -0.2) is 123 Å². The quantitative estimate of drug-likeness (QED) is 0.136. The van der Waals surface area contributed by atoms with E-state index in [2.05, 4.69) is 4.98 Å². The van der Waals surface area contributed by atoms with Gasteiger partial charge in [-0.15, -0.1) is 0 Å². The van der Waals surface area contributed by atoms with E-state index in [1.165, 1.54) is 0 Å². The van der Waals surface area contributed by atoms with Crippen molar-refractivity contribution in [2.24, 2.45) is 0 Å². The number of methoxy groups -OCH3 is 3. The first-order chi connectivity index (χ1) is 18.1. The number of nitrogens with zero attached hydrogens (tertiary/aromatic N) is 1. The third-order valence-electron chi connectivity index (χ3n) is 4.99. The molecule has 0 aliphatic rings. The number of aryl methyl sites for hydroxylation is 1. The minimum Gasteiger partial charge on any atom is -0.481 e. The van der Waals surface area contributed by atoms with E-state index in [1.807, 2.05) is 0 Å². The molecule has 1 aromatic heterocycles. The van der Waals surface area contributed by atoms with Crippen LogP contribution in [0.1, 0.15) is 17.5 Å². The lowest BCUT2D eigenvalue weighted by Crippen LogP contribution is -2.42. The highest BCUT2D eigenvalue weighted by atomic mass is 16.9. The van der Waals surface area contributed by atoms with E-state index in [-0.39, 0.29) is 32.7 Å². The summed E-state index contributed by atoms with van der Waals surface area (Å²) in [6.45, 7) is 4.26. The highest BCUT2D eigenvalue weighted by molar-refractivity contribution is 5.70. The maximum absolute atomic E-state index is 11.3. The molecule has 0 aliphatic carbocycles. The van der Waals surface area contributed by atoms with Gasteiger partial charge in [-0.25, -0.2) is 0 Å². The van der Waals surface area contributed by atoms with Crippen LogP contribution < -0.4 is 0 Å². The number of ether oxygens (including phenoxy) is 9. The lowest BCUT2D eigenvalue weighted by atomic mass is 10.0. The Labute approximate surface area is 219 Å². The minimum absolute atomic E-state index is 0.110. The second-order valence-electron chi connectivity index (χ2n) is 7.76. The number of hydrogen-bond acceptors (Lipinski definition) is 11. The fourth-order valence-electron chi connectivity index (χ4n) is 3.15. The second-order valence-corrected chi connectivity index (χ2v) is 7.76. The molecule has 0 aliphatic heterocycles. The Kier molecular flexibility index (Phi) is 20.0. The van der Waals surface area contributed by atoms with Gasteiger partial charge in [-0.1, -0.05) is 0 Å². The van der Waals surface area contributed by atoms with Gasteiger partial charge in [-0.2, -0.15) is 0 Å². The molecular formula is C25H43NO11. The highest BCUT2D eigenvalue weighted by Gasteiger charge is 2.34. The molecule has 0 saturated heterocycles. The third-order valence-corrected chi connectivity index (χ3v) is 4.99. The van der Waals surface area contributed by atoms with Crippen molar-refractivity contribution in [1.82, 2.24) is 4.98 Å². The van der Waals surface area contributed by atoms with Gasteiger partial charge >= 0.3 is 5.97 Å². The molecule has 0 saturated carbocycles. The Morgan fingerprint density at radius 2 is 1.19 bits per heavy atom. The second kappa shape index (κ2) is 22.3. The summed E-state index contributed by atoms with van der Waals surface area (Å²) < 4.78 is 49.8. The fourth-order valence-corrected chi connectivity index (χ4v) is 3.15. The molecule has 0 aromatic carbocycles. The van der Waals surface area contributed by atoms with Crippen molar-refractivity contribution in [1.29, 1.82) is 0 Å². The zero-order valence-electron chi connectivity index (χ0n) is 22.3. The largest absolute Gasteiger partial charge is 0.481 e. The number of aromatic nitrogens is 1. The predicted molar refractivity (Wildman–Crippen MR) is 133 cm³/mol. The van der Waals surface area contributed by atoms with E-state index >= 15 is 0 Å². The van der Waals surface area contributed by atoms with Crippen LogP contribution in [0.3, 0.4) is 0 Å². The molecule has 0 spiro atoms. The number of rotatable bonds is 26. The molecule has 0 fully saturated rings. The van der Waals surface area contributed by atoms with E-state index < -0.39 is 11.9 Å². The lowest BCUT2D eigenvalue weighted by Gasteiger charge is -2.33. The Morgan fingerprint density at radius 1 is 0.730 bits per heavy atom. The Balaban J connectivity index is 2.90. The van der Waals surface area contributed by atoms with Crippen molar-refractivity contribution in [2.75, 3.05) is 101 Å². The van der Waals surface area contributed by atoms with E-state index in [0.29, 0.717) is 71.4 Å². The molecular weight excluding hydrogens is 490 g/mol. The SMILES string of the molecule is COCCOCCOC(CCc1cnccc1CC(=O)O)(OCCOCCOC)OCCOCCOC. The molecule has 0 bridgehead atoms. The van der Waals surface area contributed by atoms with Gasteiger partial charge in [0.1, 0.15) is 0 Å². The average molecular weight is 534 g/mol. The fraction of sp³-hybridized carbons (Fsp3) is 0.760. The molecule has 0 radical (unpaired) electrons. The van der Waals surface area contributed by atoms with Gasteiger partial charge in [0.05, 0.1) is 85.7 Å². The zero-order chi connectivity index (χ0) is 27.0. The van der Waals surface area contributed by atoms with Gasteiger partial charge in [-0.3, -0.25) is 9.78 Å². The van der Waals surface area contributed by atoms with Gasteiger partial charge in [-0.05, 0) is 23.6 Å². The first kappa shape index (κ1) is 33.3. The van der Waals surface area contributed by atoms with E-state index in [9.17, 15) is 9.90 Å². The van der Waals surface area contributed by atoms with Crippen LogP contribution in [0.5, 0.6) is 0 Å². The molecule has 1 heterocycles. The topological polar surface area (TPSA) is 133 Å². The van der Waals surface area contributed by atoms with Gasteiger partial charge in [0.25, 0.3) is 5.97 Å². The summed E-state index contributed by atoms with van der Waals surface area (Å²) in [5.41, 5.74) is 1.44. The Bertz CT molecular complexity index is 652. The van der Waals surface area contributed by atoms with Crippen LogP contribution in [0.4, 0.5) is 0 Å². The summed E-state index contributed by atoms with van der Waals surface area (Å²) in [5, 5.41) is 9.27. The summed E-state index contributed by atoms with van der Waals surface area (Å²) in [7, 11) is 4.81.